The standard InChI is InChI=1S/C10H16N2OS.ClH/c1-7(5-11)12-10(13)8(2)9-3-4-14-6-9;/h3-4,6-8H,5,11H2,1-2H3,(H,12,13);1H/t7-,8?;/m1./s1. The fraction of sp³-hybridized carbons (Fsp3) is 0.500. The van der Waals surface area contributed by atoms with Gasteiger partial charge in [0, 0.05) is 12.6 Å². The van der Waals surface area contributed by atoms with Gasteiger partial charge in [0.15, 0.2) is 0 Å². The van der Waals surface area contributed by atoms with Crippen molar-refractivity contribution in [3.63, 3.8) is 0 Å². The van der Waals surface area contributed by atoms with Crippen LogP contribution in [-0.4, -0.2) is 18.5 Å². The lowest BCUT2D eigenvalue weighted by Crippen LogP contribution is -2.39. The van der Waals surface area contributed by atoms with Gasteiger partial charge in [0.2, 0.25) is 5.91 Å². The summed E-state index contributed by atoms with van der Waals surface area (Å²) in [6.45, 7) is 4.28. The molecule has 1 aromatic heterocycles. The highest BCUT2D eigenvalue weighted by atomic mass is 35.5. The van der Waals surface area contributed by atoms with Gasteiger partial charge in [0.05, 0.1) is 5.92 Å². The Morgan fingerprint density at radius 3 is 2.73 bits per heavy atom. The number of carbonyl (C=O) groups excluding carboxylic acids is 1. The van der Waals surface area contributed by atoms with Crippen LogP contribution in [0.3, 0.4) is 0 Å². The summed E-state index contributed by atoms with van der Waals surface area (Å²) >= 11 is 1.61. The summed E-state index contributed by atoms with van der Waals surface area (Å²) in [5.41, 5.74) is 6.49. The molecule has 0 bridgehead atoms. The number of hydrogen-bond acceptors (Lipinski definition) is 3. The monoisotopic (exact) mass is 248 g/mol. The number of thiophene rings is 1. The smallest absolute Gasteiger partial charge is 0.227 e. The minimum absolute atomic E-state index is 0. The van der Waals surface area contributed by atoms with Crippen molar-refractivity contribution in [1.82, 2.24) is 5.32 Å². The van der Waals surface area contributed by atoms with E-state index < -0.39 is 0 Å². The first kappa shape index (κ1) is 14.4. The van der Waals surface area contributed by atoms with Crippen LogP contribution >= 0.6 is 23.7 Å². The Balaban J connectivity index is 0.00000196. The van der Waals surface area contributed by atoms with E-state index in [9.17, 15) is 4.79 Å². The van der Waals surface area contributed by atoms with Crippen molar-refractivity contribution in [1.29, 1.82) is 0 Å². The third-order valence-corrected chi connectivity index (χ3v) is 2.88. The van der Waals surface area contributed by atoms with E-state index in [0.717, 1.165) is 5.56 Å². The Labute approximate surface area is 100 Å². The maximum absolute atomic E-state index is 11.6. The Morgan fingerprint density at radius 1 is 1.60 bits per heavy atom. The van der Waals surface area contributed by atoms with Crippen LogP contribution in [0.15, 0.2) is 16.8 Å². The van der Waals surface area contributed by atoms with Gasteiger partial charge in [0.1, 0.15) is 0 Å². The molecule has 0 saturated heterocycles. The second-order valence-corrected chi connectivity index (χ2v) is 4.20. The fourth-order valence-electron chi connectivity index (χ4n) is 1.10. The summed E-state index contributed by atoms with van der Waals surface area (Å²) in [6, 6.07) is 2.02. The molecule has 0 aliphatic carbocycles. The zero-order chi connectivity index (χ0) is 10.6. The second kappa shape index (κ2) is 6.82. The summed E-state index contributed by atoms with van der Waals surface area (Å²) in [4.78, 5) is 11.6. The van der Waals surface area contributed by atoms with Crippen LogP contribution in [0.2, 0.25) is 0 Å². The zero-order valence-electron chi connectivity index (χ0n) is 8.90. The van der Waals surface area contributed by atoms with E-state index in [0.29, 0.717) is 6.54 Å². The van der Waals surface area contributed by atoms with E-state index in [1.54, 1.807) is 11.3 Å². The van der Waals surface area contributed by atoms with Crippen molar-refractivity contribution in [2.24, 2.45) is 5.73 Å². The average Bonchev–Trinajstić information content (AvgIpc) is 2.69. The Kier molecular flexibility index (Phi) is 6.56. The second-order valence-electron chi connectivity index (χ2n) is 3.42. The van der Waals surface area contributed by atoms with Crippen molar-refractivity contribution < 1.29 is 4.79 Å². The number of nitrogens with two attached hydrogens (primary N) is 1. The van der Waals surface area contributed by atoms with E-state index in [4.69, 9.17) is 5.73 Å². The van der Waals surface area contributed by atoms with Crippen LogP contribution in [0.4, 0.5) is 0 Å². The van der Waals surface area contributed by atoms with Gasteiger partial charge in [-0.3, -0.25) is 4.79 Å². The third kappa shape index (κ3) is 4.20. The average molecular weight is 249 g/mol. The molecule has 3 nitrogen and oxygen atoms in total. The Hall–Kier alpha value is -0.580. The molecule has 3 N–H and O–H groups in total. The lowest BCUT2D eigenvalue weighted by atomic mass is 10.0. The van der Waals surface area contributed by atoms with Gasteiger partial charge in [-0.05, 0) is 36.2 Å². The quantitative estimate of drug-likeness (QED) is 0.853. The Morgan fingerprint density at radius 2 is 2.27 bits per heavy atom. The van der Waals surface area contributed by atoms with E-state index in [-0.39, 0.29) is 30.3 Å². The van der Waals surface area contributed by atoms with E-state index in [1.165, 1.54) is 0 Å². The lowest BCUT2D eigenvalue weighted by Gasteiger charge is -2.15. The lowest BCUT2D eigenvalue weighted by molar-refractivity contribution is -0.122. The van der Waals surface area contributed by atoms with Crippen molar-refractivity contribution in [2.75, 3.05) is 6.54 Å². The van der Waals surface area contributed by atoms with E-state index in [1.807, 2.05) is 30.7 Å². The molecular formula is C10H17ClN2OS. The molecule has 1 rings (SSSR count). The summed E-state index contributed by atoms with van der Waals surface area (Å²) < 4.78 is 0. The van der Waals surface area contributed by atoms with Gasteiger partial charge in [-0.1, -0.05) is 0 Å². The van der Waals surface area contributed by atoms with E-state index >= 15 is 0 Å². The molecule has 5 heteroatoms. The van der Waals surface area contributed by atoms with Gasteiger partial charge in [0.25, 0.3) is 0 Å². The van der Waals surface area contributed by atoms with Crippen LogP contribution in [0.5, 0.6) is 0 Å². The fourth-order valence-corrected chi connectivity index (χ4v) is 1.85. The van der Waals surface area contributed by atoms with Gasteiger partial charge < -0.3 is 11.1 Å². The first-order valence-corrected chi connectivity index (χ1v) is 5.62. The number of hydrogen-bond donors (Lipinski definition) is 2. The van der Waals surface area contributed by atoms with Crippen molar-refractivity contribution >= 4 is 29.7 Å². The van der Waals surface area contributed by atoms with Gasteiger partial charge in [-0.15, -0.1) is 12.4 Å². The molecular weight excluding hydrogens is 232 g/mol. The maximum Gasteiger partial charge on any atom is 0.227 e. The van der Waals surface area contributed by atoms with Crippen LogP contribution in [0.1, 0.15) is 25.3 Å². The largest absolute Gasteiger partial charge is 0.352 e. The molecule has 1 unspecified atom stereocenters. The molecule has 0 fully saturated rings. The SMILES string of the molecule is CC(C(=O)N[C@H](C)CN)c1ccsc1.Cl. The molecule has 1 aromatic rings. The molecule has 0 radical (unpaired) electrons. The molecule has 1 amide bonds. The van der Waals surface area contributed by atoms with Gasteiger partial charge >= 0.3 is 0 Å². The summed E-state index contributed by atoms with van der Waals surface area (Å²) in [5, 5.41) is 6.83. The van der Waals surface area contributed by atoms with Crippen molar-refractivity contribution in [2.45, 2.75) is 25.8 Å². The number of halogens is 1. The minimum Gasteiger partial charge on any atom is -0.352 e. The summed E-state index contributed by atoms with van der Waals surface area (Å²) in [6.07, 6.45) is 0. The first-order valence-electron chi connectivity index (χ1n) is 4.67. The molecule has 0 spiro atoms. The topological polar surface area (TPSA) is 55.1 Å². The predicted molar refractivity (Wildman–Crippen MR) is 66.6 cm³/mol. The molecule has 0 aromatic carbocycles. The molecule has 1 heterocycles. The number of amides is 1. The third-order valence-electron chi connectivity index (χ3n) is 2.18. The van der Waals surface area contributed by atoms with Crippen molar-refractivity contribution in [3.05, 3.63) is 22.4 Å². The predicted octanol–water partition coefficient (Wildman–Crippen LogP) is 1.74. The number of carbonyl (C=O) groups is 1. The normalized spacial score (nSPS) is 13.8. The maximum atomic E-state index is 11.6. The summed E-state index contributed by atoms with van der Waals surface area (Å²) in [7, 11) is 0. The Bertz CT molecular complexity index is 290. The number of rotatable bonds is 4. The minimum atomic E-state index is -0.0877. The highest BCUT2D eigenvalue weighted by Crippen LogP contribution is 2.18. The zero-order valence-corrected chi connectivity index (χ0v) is 10.5. The van der Waals surface area contributed by atoms with Crippen LogP contribution in [0, 0.1) is 0 Å². The number of nitrogens with one attached hydrogen (secondary N) is 1. The highest BCUT2D eigenvalue weighted by molar-refractivity contribution is 7.08. The van der Waals surface area contributed by atoms with Crippen molar-refractivity contribution in [3.8, 4) is 0 Å². The van der Waals surface area contributed by atoms with Gasteiger partial charge in [-0.25, -0.2) is 0 Å². The molecule has 0 saturated carbocycles. The van der Waals surface area contributed by atoms with Gasteiger partial charge in [-0.2, -0.15) is 11.3 Å². The highest BCUT2D eigenvalue weighted by Gasteiger charge is 2.16. The first-order chi connectivity index (χ1) is 6.65. The molecule has 15 heavy (non-hydrogen) atoms. The van der Waals surface area contributed by atoms with Crippen LogP contribution in [0.25, 0.3) is 0 Å². The van der Waals surface area contributed by atoms with Crippen LogP contribution < -0.4 is 11.1 Å². The molecule has 0 aliphatic rings. The molecule has 0 aliphatic heterocycles. The molecule has 86 valence electrons. The van der Waals surface area contributed by atoms with E-state index in [2.05, 4.69) is 5.32 Å². The summed E-state index contributed by atoms with van der Waals surface area (Å²) in [5.74, 6) is -0.0448. The molecule has 2 atom stereocenters. The van der Waals surface area contributed by atoms with Crippen LogP contribution in [-0.2, 0) is 4.79 Å².